The molecule has 1 amide bonds. The molecule has 2 aromatic heterocycles. The second-order valence-electron chi connectivity index (χ2n) is 7.81. The van der Waals surface area contributed by atoms with E-state index < -0.39 is 0 Å². The molecule has 0 spiro atoms. The Balaban J connectivity index is 1.36. The van der Waals surface area contributed by atoms with Gasteiger partial charge in [-0.3, -0.25) is 9.59 Å². The Morgan fingerprint density at radius 3 is 2.90 bits per heavy atom. The van der Waals surface area contributed by atoms with Gasteiger partial charge in [0, 0.05) is 31.4 Å². The number of carbonyl (C=O) groups is 1. The summed E-state index contributed by atoms with van der Waals surface area (Å²) in [6, 6.07) is 9.30. The first-order valence-electron chi connectivity index (χ1n) is 10.7. The van der Waals surface area contributed by atoms with Crippen molar-refractivity contribution in [2.45, 2.75) is 39.7 Å². The van der Waals surface area contributed by atoms with E-state index in [1.165, 1.54) is 21.9 Å². The Morgan fingerprint density at radius 2 is 2.13 bits per heavy atom. The summed E-state index contributed by atoms with van der Waals surface area (Å²) in [7, 11) is 0. The first-order chi connectivity index (χ1) is 15.0. The summed E-state index contributed by atoms with van der Waals surface area (Å²) in [5, 5.41) is 8.22. The summed E-state index contributed by atoms with van der Waals surface area (Å²) in [5.74, 6) is 0.780. The fourth-order valence-corrected chi connectivity index (χ4v) is 4.65. The lowest BCUT2D eigenvalue weighted by Crippen LogP contribution is -2.43. The number of fused-ring (bicyclic) bond motifs is 1. The van der Waals surface area contributed by atoms with Gasteiger partial charge in [-0.05, 0) is 43.9 Å². The van der Waals surface area contributed by atoms with Crippen LogP contribution in [0.1, 0.15) is 37.4 Å². The molecule has 1 N–H and O–H groups in total. The van der Waals surface area contributed by atoms with E-state index in [-0.39, 0.29) is 17.4 Å². The molecule has 0 saturated carbocycles. The number of hydrogen-bond donors (Lipinski definition) is 1. The standard InChI is InChI=1S/C22H27N5O3S/c1-3-11-30-18-8-6-16(7-9-18)13-23-20(29)17-5-4-10-26(14-17)22-25-27-19(28)12-15(2)24-21(27)31-22/h6-9,12,17H,3-5,10-11,13-14H2,1-2H3,(H,23,29)/t17-/m0/s1. The summed E-state index contributed by atoms with van der Waals surface area (Å²) >= 11 is 1.39. The molecule has 1 aromatic carbocycles. The van der Waals surface area contributed by atoms with E-state index in [0.29, 0.717) is 30.4 Å². The van der Waals surface area contributed by atoms with E-state index in [1.807, 2.05) is 24.3 Å². The molecule has 1 fully saturated rings. The average Bonchev–Trinajstić information content (AvgIpc) is 3.21. The highest BCUT2D eigenvalue weighted by molar-refractivity contribution is 7.20. The first-order valence-corrected chi connectivity index (χ1v) is 11.5. The third kappa shape index (κ3) is 5.04. The molecule has 164 valence electrons. The predicted octanol–water partition coefficient (Wildman–Crippen LogP) is 2.78. The Kier molecular flexibility index (Phi) is 6.50. The van der Waals surface area contributed by atoms with Crippen LogP contribution in [0.4, 0.5) is 5.13 Å². The molecule has 3 heterocycles. The molecule has 3 aromatic rings. The normalized spacial score (nSPS) is 16.5. The van der Waals surface area contributed by atoms with Gasteiger partial charge in [0.25, 0.3) is 5.56 Å². The van der Waals surface area contributed by atoms with Crippen molar-refractivity contribution in [2.75, 3.05) is 24.6 Å². The number of amides is 1. The molecular weight excluding hydrogens is 414 g/mol. The molecule has 9 heteroatoms. The summed E-state index contributed by atoms with van der Waals surface area (Å²) in [4.78, 5) is 32.0. The monoisotopic (exact) mass is 441 g/mol. The van der Waals surface area contributed by atoms with Crippen LogP contribution < -0.4 is 20.5 Å². The van der Waals surface area contributed by atoms with E-state index in [1.54, 1.807) is 6.92 Å². The Hall–Kier alpha value is -2.94. The van der Waals surface area contributed by atoms with Crippen LogP contribution in [0.3, 0.4) is 0 Å². The fraction of sp³-hybridized carbons (Fsp3) is 0.455. The number of benzene rings is 1. The summed E-state index contributed by atoms with van der Waals surface area (Å²) in [6.07, 6.45) is 2.72. The number of carbonyl (C=O) groups excluding carboxylic acids is 1. The molecule has 1 aliphatic heterocycles. The number of rotatable bonds is 7. The van der Waals surface area contributed by atoms with Crippen LogP contribution in [0.2, 0.25) is 0 Å². The number of ether oxygens (including phenoxy) is 1. The van der Waals surface area contributed by atoms with Gasteiger partial charge in [-0.15, -0.1) is 5.10 Å². The zero-order valence-electron chi connectivity index (χ0n) is 17.8. The van der Waals surface area contributed by atoms with E-state index in [0.717, 1.165) is 42.3 Å². The second-order valence-corrected chi connectivity index (χ2v) is 8.74. The molecule has 0 bridgehead atoms. The van der Waals surface area contributed by atoms with Crippen molar-refractivity contribution >= 4 is 27.3 Å². The van der Waals surface area contributed by atoms with Gasteiger partial charge in [-0.1, -0.05) is 30.4 Å². The second kappa shape index (κ2) is 9.47. The summed E-state index contributed by atoms with van der Waals surface area (Å²) < 4.78 is 6.93. The number of nitrogens with zero attached hydrogens (tertiary/aromatic N) is 4. The topological polar surface area (TPSA) is 88.8 Å². The zero-order chi connectivity index (χ0) is 21.8. The maximum absolute atomic E-state index is 12.8. The predicted molar refractivity (Wildman–Crippen MR) is 121 cm³/mol. The van der Waals surface area contributed by atoms with Crippen LogP contribution >= 0.6 is 11.3 Å². The van der Waals surface area contributed by atoms with Gasteiger partial charge in [-0.2, -0.15) is 4.52 Å². The zero-order valence-corrected chi connectivity index (χ0v) is 18.7. The molecule has 31 heavy (non-hydrogen) atoms. The molecule has 0 unspecified atom stereocenters. The molecule has 1 aliphatic rings. The van der Waals surface area contributed by atoms with Crippen molar-refractivity contribution in [3.05, 3.63) is 51.9 Å². The SMILES string of the molecule is CCCOc1ccc(CNC(=O)[C@H]2CCCN(c3nn4c(=O)cc(C)nc4s3)C2)cc1. The molecule has 8 nitrogen and oxygen atoms in total. The fourth-order valence-electron chi connectivity index (χ4n) is 3.66. The first kappa shape index (κ1) is 21.3. The number of hydrogen-bond acceptors (Lipinski definition) is 7. The Labute approximate surface area is 184 Å². The molecule has 1 saturated heterocycles. The number of aryl methyl sites for hydroxylation is 1. The number of piperidine rings is 1. The highest BCUT2D eigenvalue weighted by atomic mass is 32.1. The highest BCUT2D eigenvalue weighted by Gasteiger charge is 2.27. The molecule has 0 aliphatic carbocycles. The summed E-state index contributed by atoms with van der Waals surface area (Å²) in [5.41, 5.74) is 1.54. The Bertz CT molecular complexity index is 1110. The van der Waals surface area contributed by atoms with Crippen molar-refractivity contribution < 1.29 is 9.53 Å². The van der Waals surface area contributed by atoms with Crippen molar-refractivity contribution in [3.8, 4) is 5.75 Å². The van der Waals surface area contributed by atoms with Gasteiger partial charge in [0.15, 0.2) is 0 Å². The smallest absolute Gasteiger partial charge is 0.275 e. The molecule has 0 radical (unpaired) electrons. The van der Waals surface area contributed by atoms with Crippen LogP contribution in [0.15, 0.2) is 35.1 Å². The van der Waals surface area contributed by atoms with E-state index in [4.69, 9.17) is 4.74 Å². The lowest BCUT2D eigenvalue weighted by atomic mass is 9.97. The van der Waals surface area contributed by atoms with Crippen molar-refractivity contribution in [1.29, 1.82) is 0 Å². The van der Waals surface area contributed by atoms with E-state index in [2.05, 4.69) is 27.2 Å². The minimum atomic E-state index is -0.178. The maximum Gasteiger partial charge on any atom is 0.275 e. The van der Waals surface area contributed by atoms with Gasteiger partial charge < -0.3 is 15.0 Å². The maximum atomic E-state index is 12.8. The highest BCUT2D eigenvalue weighted by Crippen LogP contribution is 2.27. The lowest BCUT2D eigenvalue weighted by molar-refractivity contribution is -0.125. The third-order valence-electron chi connectivity index (χ3n) is 5.29. The van der Waals surface area contributed by atoms with Crippen molar-refractivity contribution in [3.63, 3.8) is 0 Å². The average molecular weight is 442 g/mol. The van der Waals surface area contributed by atoms with Gasteiger partial charge in [0.2, 0.25) is 16.0 Å². The van der Waals surface area contributed by atoms with Crippen molar-refractivity contribution in [1.82, 2.24) is 19.9 Å². The van der Waals surface area contributed by atoms with Crippen LogP contribution in [-0.4, -0.2) is 40.2 Å². The van der Waals surface area contributed by atoms with Crippen molar-refractivity contribution in [2.24, 2.45) is 5.92 Å². The van der Waals surface area contributed by atoms with Crippen LogP contribution in [0, 0.1) is 12.8 Å². The minimum Gasteiger partial charge on any atom is -0.494 e. The molecule has 1 atom stereocenters. The quantitative estimate of drug-likeness (QED) is 0.607. The largest absolute Gasteiger partial charge is 0.494 e. The van der Waals surface area contributed by atoms with E-state index in [9.17, 15) is 9.59 Å². The van der Waals surface area contributed by atoms with Crippen LogP contribution in [0.25, 0.3) is 4.96 Å². The number of anilines is 1. The lowest BCUT2D eigenvalue weighted by Gasteiger charge is -2.31. The van der Waals surface area contributed by atoms with Crippen LogP contribution in [0.5, 0.6) is 5.75 Å². The summed E-state index contributed by atoms with van der Waals surface area (Å²) in [6.45, 7) is 6.47. The molecule has 4 rings (SSSR count). The number of aromatic nitrogens is 3. The van der Waals surface area contributed by atoms with Gasteiger partial charge in [0.1, 0.15) is 5.75 Å². The number of nitrogens with one attached hydrogen (secondary N) is 1. The minimum absolute atomic E-state index is 0.0447. The van der Waals surface area contributed by atoms with Gasteiger partial charge >= 0.3 is 0 Å². The van der Waals surface area contributed by atoms with E-state index >= 15 is 0 Å². The Morgan fingerprint density at radius 1 is 1.32 bits per heavy atom. The van der Waals surface area contributed by atoms with Gasteiger partial charge in [0.05, 0.1) is 12.5 Å². The molecular formula is C22H27N5O3S. The van der Waals surface area contributed by atoms with Crippen LogP contribution in [-0.2, 0) is 11.3 Å². The van der Waals surface area contributed by atoms with Gasteiger partial charge in [-0.25, -0.2) is 4.98 Å². The third-order valence-corrected chi connectivity index (χ3v) is 6.26.